The van der Waals surface area contributed by atoms with Crippen LogP contribution >= 0.6 is 0 Å². The molecule has 0 bridgehead atoms. The first-order valence-electron chi connectivity index (χ1n) is 13.4. The van der Waals surface area contributed by atoms with Gasteiger partial charge in [-0.1, -0.05) is 49.6 Å². The van der Waals surface area contributed by atoms with E-state index in [0.29, 0.717) is 23.5 Å². The highest BCUT2D eigenvalue weighted by molar-refractivity contribution is 6.07. The quantitative estimate of drug-likeness (QED) is 0.389. The number of methoxy groups -OCH3 is 2. The number of guanidine groups is 1. The van der Waals surface area contributed by atoms with Gasteiger partial charge in [-0.05, 0) is 54.5 Å². The van der Waals surface area contributed by atoms with Crippen LogP contribution in [0.4, 0.5) is 0 Å². The summed E-state index contributed by atoms with van der Waals surface area (Å²) in [5, 5.41) is 2.62. The maximum atomic E-state index is 13.6. The highest BCUT2D eigenvalue weighted by atomic mass is 16.5. The molecule has 2 aliphatic rings. The Balaban J connectivity index is 1.56. The highest BCUT2D eigenvalue weighted by Gasteiger charge is 2.53. The number of hydrogen-bond acceptors (Lipinski definition) is 7. The van der Waals surface area contributed by atoms with Gasteiger partial charge in [-0.3, -0.25) is 19.3 Å². The zero-order chi connectivity index (χ0) is 28.9. The summed E-state index contributed by atoms with van der Waals surface area (Å²) in [6.07, 6.45) is 6.88. The lowest BCUT2D eigenvalue weighted by Crippen LogP contribution is -2.45. The summed E-state index contributed by atoms with van der Waals surface area (Å²) in [5.74, 6) is 0.0710. The van der Waals surface area contributed by atoms with Crippen LogP contribution in [-0.4, -0.2) is 49.8 Å². The van der Waals surface area contributed by atoms with Crippen LogP contribution in [-0.2, 0) is 32.8 Å². The summed E-state index contributed by atoms with van der Waals surface area (Å²) < 4.78 is 10.6. The van der Waals surface area contributed by atoms with E-state index in [9.17, 15) is 14.4 Å². The van der Waals surface area contributed by atoms with Crippen LogP contribution in [0.2, 0.25) is 0 Å². The van der Waals surface area contributed by atoms with Crippen LogP contribution < -0.4 is 26.3 Å². The zero-order valence-electron chi connectivity index (χ0n) is 23.2. The van der Waals surface area contributed by atoms with Crippen molar-refractivity contribution in [3.8, 4) is 11.5 Å². The molecule has 0 radical (unpaired) electrons. The molecule has 1 unspecified atom stereocenters. The van der Waals surface area contributed by atoms with Crippen LogP contribution in [0.3, 0.4) is 0 Å². The van der Waals surface area contributed by atoms with Gasteiger partial charge < -0.3 is 26.3 Å². The Hall–Kier alpha value is -4.34. The molecule has 3 amide bonds. The number of primary amides is 1. The molecule has 2 aromatic carbocycles. The molecule has 0 spiro atoms. The van der Waals surface area contributed by atoms with Crippen molar-refractivity contribution < 1.29 is 23.9 Å². The minimum absolute atomic E-state index is 0.0156. The van der Waals surface area contributed by atoms with Crippen molar-refractivity contribution in [1.82, 2.24) is 10.2 Å². The molecular weight excluding hydrogens is 510 g/mol. The Morgan fingerprint density at radius 3 is 2.50 bits per heavy atom. The lowest BCUT2D eigenvalue weighted by molar-refractivity contribution is -0.133. The summed E-state index contributed by atoms with van der Waals surface area (Å²) in [5.41, 5.74) is 12.9. The van der Waals surface area contributed by atoms with Crippen LogP contribution in [0, 0.1) is 5.92 Å². The van der Waals surface area contributed by atoms with Gasteiger partial charge in [0.1, 0.15) is 17.2 Å². The molecule has 1 atom stereocenters. The third-order valence-corrected chi connectivity index (χ3v) is 7.75. The lowest BCUT2D eigenvalue weighted by atomic mass is 9.70. The van der Waals surface area contributed by atoms with Gasteiger partial charge in [-0.2, -0.15) is 0 Å². The lowest BCUT2D eigenvalue weighted by Gasteiger charge is -2.36. The molecule has 1 aliphatic heterocycles. The number of carbonyl (C=O) groups is 3. The normalized spacial score (nSPS) is 19.8. The van der Waals surface area contributed by atoms with E-state index in [1.54, 1.807) is 31.3 Å². The molecule has 212 valence electrons. The molecule has 0 saturated heterocycles. The predicted octanol–water partition coefficient (Wildman–Crippen LogP) is 2.54. The van der Waals surface area contributed by atoms with Crippen LogP contribution in [0.1, 0.15) is 48.8 Å². The Kier molecular flexibility index (Phi) is 8.77. The summed E-state index contributed by atoms with van der Waals surface area (Å²) in [7, 11) is 4.70. The Bertz CT molecular complexity index is 1350. The molecule has 1 aliphatic carbocycles. The smallest absolute Gasteiger partial charge is 0.264 e. The standard InChI is InChI=1S/C30H37N5O5/c1-35-28(38)30(34-29(35)32,21-9-5-4-6-10-21)22-11-7-8-19(16-22)12-14-24(27(31)37)33-26(36)18-20-17-23(39-2)13-15-25(20)40-3/h7-8,11,13-17,21H,4-6,9-10,12,18H2,1-3H3,(H2,31,37)(H2,32,34)(H,33,36). The van der Waals surface area contributed by atoms with Crippen molar-refractivity contribution in [2.45, 2.75) is 50.5 Å². The number of aliphatic imine (C=N–C) groups is 1. The minimum atomic E-state index is -1.06. The molecule has 1 saturated carbocycles. The van der Waals surface area contributed by atoms with Gasteiger partial charge in [0.05, 0.1) is 20.6 Å². The third-order valence-electron chi connectivity index (χ3n) is 7.75. The number of benzene rings is 2. The molecule has 40 heavy (non-hydrogen) atoms. The summed E-state index contributed by atoms with van der Waals surface area (Å²) >= 11 is 0. The Morgan fingerprint density at radius 1 is 1.12 bits per heavy atom. The van der Waals surface area contributed by atoms with E-state index < -0.39 is 17.4 Å². The molecule has 10 heteroatoms. The molecular formula is C30H37N5O5. The van der Waals surface area contributed by atoms with Gasteiger partial charge >= 0.3 is 0 Å². The van der Waals surface area contributed by atoms with E-state index in [1.807, 2.05) is 24.3 Å². The SMILES string of the molecule is COc1ccc(OC)c(CC(=O)NC(=CCc2cccc(C3(C4CCCCC4)N=C(N)N(C)C3=O)c2)C(N)=O)c1. The molecule has 2 aromatic rings. The number of nitrogens with two attached hydrogens (primary N) is 2. The van der Waals surface area contributed by atoms with Crippen LogP contribution in [0.25, 0.3) is 0 Å². The maximum absolute atomic E-state index is 13.6. The van der Waals surface area contributed by atoms with Gasteiger partial charge in [0.2, 0.25) is 5.91 Å². The van der Waals surface area contributed by atoms with Gasteiger partial charge in [-0.15, -0.1) is 0 Å². The fourth-order valence-corrected chi connectivity index (χ4v) is 5.63. The predicted molar refractivity (Wildman–Crippen MR) is 151 cm³/mol. The number of amides is 3. The van der Waals surface area contributed by atoms with Crippen molar-refractivity contribution in [3.05, 3.63) is 70.9 Å². The second kappa shape index (κ2) is 12.2. The summed E-state index contributed by atoms with van der Waals surface area (Å²) in [6, 6.07) is 12.8. The summed E-state index contributed by atoms with van der Waals surface area (Å²) in [6.45, 7) is 0. The van der Waals surface area contributed by atoms with E-state index >= 15 is 0 Å². The van der Waals surface area contributed by atoms with E-state index in [2.05, 4.69) is 5.32 Å². The number of nitrogens with zero attached hydrogens (tertiary/aromatic N) is 2. The number of nitrogens with one attached hydrogen (secondary N) is 1. The van der Waals surface area contributed by atoms with Crippen molar-refractivity contribution in [3.63, 3.8) is 0 Å². The number of carbonyl (C=O) groups excluding carboxylic acids is 3. The van der Waals surface area contributed by atoms with E-state index in [1.165, 1.54) is 19.1 Å². The second-order valence-electron chi connectivity index (χ2n) is 10.2. The average Bonchev–Trinajstić information content (AvgIpc) is 3.20. The van der Waals surface area contributed by atoms with Crippen molar-refractivity contribution >= 4 is 23.7 Å². The molecule has 1 heterocycles. The largest absolute Gasteiger partial charge is 0.497 e. The van der Waals surface area contributed by atoms with Gasteiger partial charge in [-0.25, -0.2) is 4.99 Å². The average molecular weight is 548 g/mol. The zero-order valence-corrected chi connectivity index (χ0v) is 23.2. The van der Waals surface area contributed by atoms with Gasteiger partial charge in [0.15, 0.2) is 11.5 Å². The first kappa shape index (κ1) is 28.7. The van der Waals surface area contributed by atoms with E-state index in [0.717, 1.165) is 43.2 Å². The summed E-state index contributed by atoms with van der Waals surface area (Å²) in [4.78, 5) is 44.8. The van der Waals surface area contributed by atoms with Crippen molar-refractivity contribution in [2.75, 3.05) is 21.3 Å². The second-order valence-corrected chi connectivity index (χ2v) is 10.2. The highest BCUT2D eigenvalue weighted by Crippen LogP contribution is 2.46. The Morgan fingerprint density at radius 2 is 1.88 bits per heavy atom. The van der Waals surface area contributed by atoms with E-state index in [-0.39, 0.29) is 29.9 Å². The van der Waals surface area contributed by atoms with E-state index in [4.69, 9.17) is 25.9 Å². The maximum Gasteiger partial charge on any atom is 0.264 e. The number of ether oxygens (including phenoxy) is 2. The Labute approximate surface area is 234 Å². The van der Waals surface area contributed by atoms with Crippen LogP contribution in [0.5, 0.6) is 11.5 Å². The van der Waals surface area contributed by atoms with Gasteiger partial charge in [0, 0.05) is 12.6 Å². The first-order valence-corrected chi connectivity index (χ1v) is 13.4. The molecule has 4 rings (SSSR count). The molecule has 5 N–H and O–H groups in total. The van der Waals surface area contributed by atoms with Crippen LogP contribution in [0.15, 0.2) is 59.2 Å². The van der Waals surface area contributed by atoms with Crippen molar-refractivity contribution in [2.24, 2.45) is 22.4 Å². The topological polar surface area (TPSA) is 149 Å². The number of likely N-dealkylation sites (N-methyl/N-ethyl adjacent to an activating group) is 1. The minimum Gasteiger partial charge on any atom is -0.497 e. The monoisotopic (exact) mass is 547 g/mol. The third kappa shape index (κ3) is 5.80. The molecule has 10 nitrogen and oxygen atoms in total. The number of allylic oxidation sites excluding steroid dienone is 1. The van der Waals surface area contributed by atoms with Gasteiger partial charge in [0.25, 0.3) is 11.8 Å². The molecule has 1 fully saturated rings. The number of hydrogen-bond donors (Lipinski definition) is 3. The van der Waals surface area contributed by atoms with Crippen molar-refractivity contribution in [1.29, 1.82) is 0 Å². The number of rotatable bonds is 10. The first-order chi connectivity index (χ1) is 19.2. The molecule has 0 aromatic heterocycles. The fourth-order valence-electron chi connectivity index (χ4n) is 5.63. The fraction of sp³-hybridized carbons (Fsp3) is 0.400.